The lowest BCUT2D eigenvalue weighted by molar-refractivity contribution is 0.578. The van der Waals surface area contributed by atoms with Crippen molar-refractivity contribution in [2.45, 2.75) is 4.90 Å². The van der Waals surface area contributed by atoms with Gasteiger partial charge in [-0.25, -0.2) is 17.2 Å². The normalized spacial score (nSPS) is 11.1. The summed E-state index contributed by atoms with van der Waals surface area (Å²) in [5, 5.41) is 7.49. The lowest BCUT2D eigenvalue weighted by Gasteiger charge is -2.10. The van der Waals surface area contributed by atoms with Crippen molar-refractivity contribution in [2.24, 2.45) is 0 Å². The number of aromatic nitrogens is 3. The molecule has 0 aliphatic rings. The van der Waals surface area contributed by atoms with Gasteiger partial charge in [-0.1, -0.05) is 11.8 Å². The summed E-state index contributed by atoms with van der Waals surface area (Å²) < 4.78 is 55.8. The van der Waals surface area contributed by atoms with E-state index in [0.717, 1.165) is 29.2 Å². The first-order valence-electron chi connectivity index (χ1n) is 8.30. The smallest absolute Gasteiger partial charge is 0.263 e. The fraction of sp³-hybridized carbons (Fsp3) is 0. The molecule has 2 heterocycles. The maximum Gasteiger partial charge on any atom is 0.263 e. The summed E-state index contributed by atoms with van der Waals surface area (Å²) in [6.45, 7) is 0. The van der Waals surface area contributed by atoms with Gasteiger partial charge < -0.3 is 0 Å². The first kappa shape index (κ1) is 18.6. The van der Waals surface area contributed by atoms with E-state index >= 15 is 0 Å². The molecule has 2 N–H and O–H groups in total. The zero-order valence-electron chi connectivity index (χ0n) is 14.6. The van der Waals surface area contributed by atoms with E-state index in [0.29, 0.717) is 5.56 Å². The number of hydrogen-bond donors (Lipinski definition) is 2. The Balaban J connectivity index is 1.69. The van der Waals surface area contributed by atoms with E-state index in [9.17, 15) is 17.2 Å². The largest absolute Gasteiger partial charge is 0.278 e. The summed E-state index contributed by atoms with van der Waals surface area (Å²) in [5.41, 5.74) is 0.382. The van der Waals surface area contributed by atoms with Gasteiger partial charge in [0.2, 0.25) is 0 Å². The summed E-state index contributed by atoms with van der Waals surface area (Å²) in [6.07, 6.45) is 4.14. The number of aromatic amines is 1. The molecule has 144 valence electrons. The number of fused-ring (bicyclic) bond motifs is 1. The van der Waals surface area contributed by atoms with E-state index < -0.39 is 32.9 Å². The van der Waals surface area contributed by atoms with Crippen molar-refractivity contribution in [1.82, 2.24) is 15.2 Å². The third kappa shape index (κ3) is 3.79. The summed E-state index contributed by atoms with van der Waals surface area (Å²) in [6, 6.07) is 9.84. The molecule has 0 atom stereocenters. The molecule has 6 nitrogen and oxygen atoms in total. The summed E-state index contributed by atoms with van der Waals surface area (Å²) in [4.78, 5) is 3.58. The van der Waals surface area contributed by atoms with Gasteiger partial charge in [0.1, 0.15) is 10.7 Å². The van der Waals surface area contributed by atoms with E-state index in [-0.39, 0.29) is 4.90 Å². The maximum atomic E-state index is 14.8. The number of H-pyrrole nitrogens is 1. The molecule has 4 aromatic rings. The van der Waals surface area contributed by atoms with Gasteiger partial charge in [0.25, 0.3) is 10.0 Å². The first-order valence-corrected chi connectivity index (χ1v) is 9.78. The van der Waals surface area contributed by atoms with Crippen LogP contribution in [0.15, 0.2) is 66.0 Å². The topological polar surface area (TPSA) is 87.7 Å². The first-order chi connectivity index (χ1) is 13.9. The van der Waals surface area contributed by atoms with E-state index in [1.54, 1.807) is 24.4 Å². The molecule has 0 aliphatic carbocycles. The number of nitrogens with one attached hydrogen (secondary N) is 2. The van der Waals surface area contributed by atoms with Gasteiger partial charge in [0.15, 0.2) is 5.82 Å². The second-order valence-corrected chi connectivity index (χ2v) is 7.68. The van der Waals surface area contributed by atoms with Gasteiger partial charge in [-0.05, 0) is 42.5 Å². The van der Waals surface area contributed by atoms with Crippen LogP contribution in [0.25, 0.3) is 10.9 Å². The Bertz CT molecular complexity index is 1370. The molecule has 0 spiro atoms. The van der Waals surface area contributed by atoms with Gasteiger partial charge in [-0.15, -0.1) is 0 Å². The number of halogens is 2. The van der Waals surface area contributed by atoms with Crippen LogP contribution in [0.4, 0.5) is 14.5 Å². The average molecular weight is 410 g/mol. The van der Waals surface area contributed by atoms with E-state index in [1.165, 1.54) is 18.3 Å². The Morgan fingerprint density at radius 2 is 1.90 bits per heavy atom. The van der Waals surface area contributed by atoms with Gasteiger partial charge >= 0.3 is 0 Å². The molecule has 4 rings (SSSR count). The van der Waals surface area contributed by atoms with Crippen molar-refractivity contribution in [2.75, 3.05) is 4.72 Å². The van der Waals surface area contributed by atoms with Gasteiger partial charge in [-0.3, -0.25) is 14.8 Å². The highest BCUT2D eigenvalue weighted by molar-refractivity contribution is 7.92. The van der Waals surface area contributed by atoms with Crippen LogP contribution in [-0.2, 0) is 10.0 Å². The van der Waals surface area contributed by atoms with Crippen molar-refractivity contribution in [3.63, 3.8) is 0 Å². The molecular formula is C20H12F2N4O2S. The van der Waals surface area contributed by atoms with Crippen molar-refractivity contribution < 1.29 is 17.2 Å². The lowest BCUT2D eigenvalue weighted by atomic mass is 10.1. The molecule has 0 saturated heterocycles. The molecule has 0 fully saturated rings. The Labute approximate surface area is 164 Å². The minimum Gasteiger partial charge on any atom is -0.278 e. The quantitative estimate of drug-likeness (QED) is 0.507. The maximum absolute atomic E-state index is 14.8. The molecule has 0 radical (unpaired) electrons. The second kappa shape index (κ2) is 7.33. The average Bonchev–Trinajstić information content (AvgIpc) is 3.18. The Hall–Kier alpha value is -3.77. The fourth-order valence-corrected chi connectivity index (χ4v) is 3.63. The molecule has 9 heteroatoms. The van der Waals surface area contributed by atoms with Gasteiger partial charge in [0.05, 0.1) is 23.0 Å². The standard InChI is InChI=1S/C20H12F2N4O2S/c21-17-6-8-19(26-29(27,28)15-2-1-9-23-12-15)20(22)16(17)5-3-13-4-7-18-14(10-13)11-24-25-18/h1-2,4,6-12,26H,(H,24,25). The van der Waals surface area contributed by atoms with Crippen LogP contribution < -0.4 is 4.72 Å². The van der Waals surface area contributed by atoms with Crippen LogP contribution in [0, 0.1) is 23.5 Å². The van der Waals surface area contributed by atoms with E-state index in [2.05, 4.69) is 31.7 Å². The minimum absolute atomic E-state index is 0.148. The van der Waals surface area contributed by atoms with Crippen LogP contribution in [0.2, 0.25) is 0 Å². The summed E-state index contributed by atoms with van der Waals surface area (Å²) >= 11 is 0. The Morgan fingerprint density at radius 3 is 2.69 bits per heavy atom. The number of rotatable bonds is 3. The molecule has 0 bridgehead atoms. The molecular weight excluding hydrogens is 398 g/mol. The van der Waals surface area contributed by atoms with Crippen molar-refractivity contribution in [3.8, 4) is 11.8 Å². The Morgan fingerprint density at radius 1 is 1.03 bits per heavy atom. The van der Waals surface area contributed by atoms with Crippen molar-refractivity contribution >= 4 is 26.6 Å². The summed E-state index contributed by atoms with van der Waals surface area (Å²) in [5.74, 6) is 3.13. The van der Waals surface area contributed by atoms with Crippen LogP contribution in [0.5, 0.6) is 0 Å². The molecule has 0 aliphatic heterocycles. The highest BCUT2D eigenvalue weighted by atomic mass is 32.2. The van der Waals surface area contributed by atoms with Crippen molar-refractivity contribution in [1.29, 1.82) is 0 Å². The molecule has 0 amide bonds. The third-order valence-electron chi connectivity index (χ3n) is 4.05. The van der Waals surface area contributed by atoms with Gasteiger partial charge in [-0.2, -0.15) is 5.10 Å². The number of hydrogen-bond acceptors (Lipinski definition) is 4. The predicted octanol–water partition coefficient (Wildman–Crippen LogP) is 3.44. The second-order valence-electron chi connectivity index (χ2n) is 6.00. The lowest BCUT2D eigenvalue weighted by Crippen LogP contribution is -2.14. The van der Waals surface area contributed by atoms with Gasteiger partial charge in [0, 0.05) is 23.3 Å². The molecule has 0 saturated carbocycles. The third-order valence-corrected chi connectivity index (χ3v) is 5.40. The number of anilines is 1. The van der Waals surface area contributed by atoms with Crippen molar-refractivity contribution in [3.05, 3.63) is 83.8 Å². The monoisotopic (exact) mass is 410 g/mol. The number of sulfonamides is 1. The molecule has 0 unspecified atom stereocenters. The zero-order chi connectivity index (χ0) is 20.4. The number of nitrogens with zero attached hydrogens (tertiary/aromatic N) is 2. The zero-order valence-corrected chi connectivity index (χ0v) is 15.5. The van der Waals surface area contributed by atoms with Crippen LogP contribution in [-0.4, -0.2) is 23.6 Å². The highest BCUT2D eigenvalue weighted by Crippen LogP contribution is 2.23. The van der Waals surface area contributed by atoms with E-state index in [1.807, 2.05) is 0 Å². The minimum atomic E-state index is -4.08. The Kier molecular flexibility index (Phi) is 4.70. The molecule has 2 aromatic carbocycles. The highest BCUT2D eigenvalue weighted by Gasteiger charge is 2.19. The van der Waals surface area contributed by atoms with Crippen LogP contribution >= 0.6 is 0 Å². The van der Waals surface area contributed by atoms with E-state index in [4.69, 9.17) is 0 Å². The predicted molar refractivity (Wildman–Crippen MR) is 103 cm³/mol. The molecule has 29 heavy (non-hydrogen) atoms. The van der Waals surface area contributed by atoms with Crippen LogP contribution in [0.3, 0.4) is 0 Å². The number of pyridine rings is 1. The fourth-order valence-electron chi connectivity index (χ4n) is 2.61. The van der Waals surface area contributed by atoms with Crippen LogP contribution in [0.1, 0.15) is 11.1 Å². The number of benzene rings is 2. The summed E-state index contributed by atoms with van der Waals surface area (Å²) in [7, 11) is -4.08. The SMILES string of the molecule is O=S(=O)(Nc1ccc(F)c(C#Cc2ccc3[nH]ncc3c2)c1F)c1cccnc1. The molecule has 2 aromatic heterocycles.